The van der Waals surface area contributed by atoms with Gasteiger partial charge in [0.25, 0.3) is 0 Å². The fraction of sp³-hybridized carbons (Fsp3) is 0.300. The maximum atomic E-state index is 12.5. The summed E-state index contributed by atoms with van der Waals surface area (Å²) in [5.41, 5.74) is 1.94. The van der Waals surface area contributed by atoms with Gasteiger partial charge < -0.3 is 10.1 Å². The molecule has 0 aliphatic carbocycles. The first-order valence-corrected chi connectivity index (χ1v) is 10.8. The average molecular weight is 430 g/mol. The highest BCUT2D eigenvalue weighted by Gasteiger charge is 2.21. The summed E-state index contributed by atoms with van der Waals surface area (Å²) in [5.74, 6) is 1.36. The Hall–Kier alpha value is -2.65. The summed E-state index contributed by atoms with van der Waals surface area (Å²) in [6.45, 7) is 10.3. The Labute approximate surface area is 178 Å². The fourth-order valence-electron chi connectivity index (χ4n) is 2.52. The van der Waals surface area contributed by atoms with Crippen LogP contribution < -0.4 is 10.1 Å². The summed E-state index contributed by atoms with van der Waals surface area (Å²) < 4.78 is 7.81. The minimum atomic E-state index is -0.364. The van der Waals surface area contributed by atoms with Gasteiger partial charge in [0.2, 0.25) is 5.91 Å². The van der Waals surface area contributed by atoms with Gasteiger partial charge in [-0.2, -0.15) is 0 Å². The van der Waals surface area contributed by atoms with Gasteiger partial charge in [-0.25, -0.2) is 4.98 Å². The lowest BCUT2D eigenvalue weighted by Crippen LogP contribution is -2.23. The normalized spacial score (nSPS) is 11.8. The number of amides is 1. The van der Waals surface area contributed by atoms with E-state index in [0.717, 1.165) is 17.0 Å². The van der Waals surface area contributed by atoms with E-state index in [0.29, 0.717) is 22.7 Å². The zero-order valence-electron chi connectivity index (χ0n) is 16.6. The number of nitrogens with one attached hydrogen (secondary N) is 1. The Morgan fingerprint density at radius 1 is 1.38 bits per heavy atom. The number of carbonyl (C=O) groups excluding carboxylic acids is 1. The van der Waals surface area contributed by atoms with Crippen molar-refractivity contribution in [2.45, 2.75) is 44.3 Å². The summed E-state index contributed by atoms with van der Waals surface area (Å²) in [5, 5.41) is 14.1. The molecule has 3 rings (SSSR count). The zero-order valence-corrected chi connectivity index (χ0v) is 18.2. The monoisotopic (exact) mass is 429 g/mol. The first-order chi connectivity index (χ1) is 14.0. The summed E-state index contributed by atoms with van der Waals surface area (Å²) in [6, 6.07) is 7.82. The number of carbonyl (C=O) groups is 1. The topological polar surface area (TPSA) is 81.9 Å². The van der Waals surface area contributed by atoms with E-state index < -0.39 is 0 Å². The van der Waals surface area contributed by atoms with Gasteiger partial charge in [0, 0.05) is 11.9 Å². The first-order valence-electron chi connectivity index (χ1n) is 9.09. The van der Waals surface area contributed by atoms with Crippen LogP contribution in [0, 0.1) is 13.8 Å². The lowest BCUT2D eigenvalue weighted by molar-refractivity contribution is -0.115. The highest BCUT2D eigenvalue weighted by molar-refractivity contribution is 8.00. The van der Waals surface area contributed by atoms with Crippen LogP contribution in [0.1, 0.15) is 24.0 Å². The number of ether oxygens (including phenoxy) is 1. The molecule has 1 N–H and O–H groups in total. The number of thioether (sulfide) groups is 1. The number of rotatable bonds is 9. The predicted molar refractivity (Wildman–Crippen MR) is 117 cm³/mol. The lowest BCUT2D eigenvalue weighted by atomic mass is 10.2. The Balaban J connectivity index is 1.68. The molecular weight excluding hydrogens is 406 g/mol. The third-order valence-corrected chi connectivity index (χ3v) is 6.01. The number of anilines is 1. The van der Waals surface area contributed by atoms with Crippen LogP contribution in [0.3, 0.4) is 0 Å². The van der Waals surface area contributed by atoms with Gasteiger partial charge in [-0.1, -0.05) is 36.0 Å². The van der Waals surface area contributed by atoms with Crippen LogP contribution in [0.5, 0.6) is 5.75 Å². The standard InChI is InChI=1S/C20H23N5O2S2/c1-5-10-25-17(11-27-16-9-7-6-8-13(16)2)23-24-20(25)29-15(4)18(26)22-19-21-14(3)12-28-19/h5-9,12,15H,1,10-11H2,2-4H3,(H,21,22,26). The summed E-state index contributed by atoms with van der Waals surface area (Å²) in [6.07, 6.45) is 1.77. The molecule has 1 aromatic carbocycles. The Kier molecular flexibility index (Phi) is 7.05. The fourth-order valence-corrected chi connectivity index (χ4v) is 4.08. The number of aryl methyl sites for hydroxylation is 2. The number of nitrogens with zero attached hydrogens (tertiary/aromatic N) is 4. The highest BCUT2D eigenvalue weighted by atomic mass is 32.2. The minimum absolute atomic E-state index is 0.129. The molecule has 0 bridgehead atoms. The summed E-state index contributed by atoms with van der Waals surface area (Å²) >= 11 is 2.75. The second-order valence-electron chi connectivity index (χ2n) is 6.40. The van der Waals surface area contributed by atoms with E-state index in [4.69, 9.17) is 4.74 Å². The quantitative estimate of drug-likeness (QED) is 0.405. The largest absolute Gasteiger partial charge is 0.485 e. The highest BCUT2D eigenvalue weighted by Crippen LogP contribution is 2.25. The lowest BCUT2D eigenvalue weighted by Gasteiger charge is -2.12. The van der Waals surface area contributed by atoms with Gasteiger partial charge in [-0.05, 0) is 32.4 Å². The molecule has 0 saturated heterocycles. The van der Waals surface area contributed by atoms with Crippen molar-refractivity contribution in [1.82, 2.24) is 19.7 Å². The molecule has 152 valence electrons. The SMILES string of the molecule is C=CCn1c(COc2ccccc2C)nnc1SC(C)C(=O)Nc1nc(C)cs1. The second kappa shape index (κ2) is 9.71. The Morgan fingerprint density at radius 2 is 2.17 bits per heavy atom. The van der Waals surface area contributed by atoms with E-state index in [-0.39, 0.29) is 17.8 Å². The predicted octanol–water partition coefficient (Wildman–Crippen LogP) is 4.24. The summed E-state index contributed by atoms with van der Waals surface area (Å²) in [4.78, 5) is 16.7. The van der Waals surface area contributed by atoms with E-state index in [1.165, 1.54) is 23.1 Å². The molecule has 1 unspecified atom stereocenters. The second-order valence-corrected chi connectivity index (χ2v) is 8.56. The number of para-hydroxylation sites is 1. The minimum Gasteiger partial charge on any atom is -0.485 e. The Bertz CT molecular complexity index is 998. The summed E-state index contributed by atoms with van der Waals surface area (Å²) in [7, 11) is 0. The van der Waals surface area contributed by atoms with Gasteiger partial charge >= 0.3 is 0 Å². The smallest absolute Gasteiger partial charge is 0.239 e. The third-order valence-electron chi connectivity index (χ3n) is 4.06. The molecule has 3 aromatic rings. The number of thiazole rings is 1. The number of hydrogen-bond acceptors (Lipinski definition) is 7. The first kappa shape index (κ1) is 21.1. The van der Waals surface area contributed by atoms with Gasteiger partial charge in [-0.15, -0.1) is 28.1 Å². The van der Waals surface area contributed by atoms with Gasteiger partial charge in [0.05, 0.1) is 10.9 Å². The molecule has 7 nitrogen and oxygen atoms in total. The van der Waals surface area contributed by atoms with Crippen molar-refractivity contribution in [3.63, 3.8) is 0 Å². The molecular formula is C20H23N5O2S2. The van der Waals surface area contributed by atoms with Gasteiger partial charge in [0.1, 0.15) is 12.4 Å². The van der Waals surface area contributed by atoms with E-state index in [1.54, 1.807) is 6.08 Å². The maximum Gasteiger partial charge on any atom is 0.239 e. The number of aromatic nitrogens is 4. The Morgan fingerprint density at radius 3 is 2.86 bits per heavy atom. The van der Waals surface area contributed by atoms with Crippen LogP contribution in [0.4, 0.5) is 5.13 Å². The van der Waals surface area contributed by atoms with Crippen LogP contribution in [0.25, 0.3) is 0 Å². The van der Waals surface area contributed by atoms with E-state index in [2.05, 4.69) is 27.1 Å². The maximum absolute atomic E-state index is 12.5. The number of hydrogen-bond donors (Lipinski definition) is 1. The molecule has 0 saturated carbocycles. The molecule has 0 aliphatic rings. The average Bonchev–Trinajstić information content (AvgIpc) is 3.27. The molecule has 2 heterocycles. The van der Waals surface area contributed by atoms with Crippen LogP contribution in [0.15, 0.2) is 47.5 Å². The van der Waals surface area contributed by atoms with Crippen molar-refractivity contribution in [1.29, 1.82) is 0 Å². The van der Waals surface area contributed by atoms with E-state index in [1.807, 2.05) is 55.0 Å². The number of allylic oxidation sites excluding steroid dienone is 1. The van der Waals surface area contributed by atoms with Gasteiger partial charge in [-0.3, -0.25) is 9.36 Å². The van der Waals surface area contributed by atoms with Crippen LogP contribution in [0.2, 0.25) is 0 Å². The third kappa shape index (κ3) is 5.45. The van der Waals surface area contributed by atoms with E-state index >= 15 is 0 Å². The molecule has 0 aliphatic heterocycles. The van der Waals surface area contributed by atoms with Crippen LogP contribution >= 0.6 is 23.1 Å². The molecule has 1 amide bonds. The van der Waals surface area contributed by atoms with Crippen LogP contribution in [-0.4, -0.2) is 30.9 Å². The molecule has 0 fully saturated rings. The van der Waals surface area contributed by atoms with Crippen molar-refractivity contribution in [2.75, 3.05) is 5.32 Å². The molecule has 0 radical (unpaired) electrons. The van der Waals surface area contributed by atoms with Crippen molar-refractivity contribution in [3.05, 3.63) is 59.4 Å². The molecule has 2 aromatic heterocycles. The van der Waals surface area contributed by atoms with E-state index in [9.17, 15) is 4.79 Å². The molecule has 0 spiro atoms. The number of benzene rings is 1. The van der Waals surface area contributed by atoms with Gasteiger partial charge in [0.15, 0.2) is 16.1 Å². The molecule has 9 heteroatoms. The van der Waals surface area contributed by atoms with Crippen molar-refractivity contribution >= 4 is 34.1 Å². The van der Waals surface area contributed by atoms with Crippen molar-refractivity contribution in [2.24, 2.45) is 0 Å². The van der Waals surface area contributed by atoms with Crippen molar-refractivity contribution in [3.8, 4) is 5.75 Å². The zero-order chi connectivity index (χ0) is 20.8. The molecule has 29 heavy (non-hydrogen) atoms. The van der Waals surface area contributed by atoms with Crippen LogP contribution in [-0.2, 0) is 17.9 Å². The van der Waals surface area contributed by atoms with Crippen molar-refractivity contribution < 1.29 is 9.53 Å². The molecule has 1 atom stereocenters.